The van der Waals surface area contributed by atoms with Crippen LogP contribution in [-0.4, -0.2) is 5.11 Å². The van der Waals surface area contributed by atoms with E-state index in [1.54, 1.807) is 24.3 Å². The van der Waals surface area contributed by atoms with Gasteiger partial charge in [-0.3, -0.25) is 0 Å². The molecule has 0 fully saturated rings. The summed E-state index contributed by atoms with van der Waals surface area (Å²) in [5.41, 5.74) is 0. The van der Waals surface area contributed by atoms with Crippen LogP contribution in [0.25, 0.3) is 0 Å². The van der Waals surface area contributed by atoms with E-state index in [9.17, 15) is 0 Å². The van der Waals surface area contributed by atoms with Gasteiger partial charge in [-0.25, -0.2) is 0 Å². The van der Waals surface area contributed by atoms with Gasteiger partial charge in [0, 0.05) is 5.75 Å². The molecule has 0 aliphatic heterocycles. The van der Waals surface area contributed by atoms with Crippen molar-refractivity contribution in [2.75, 3.05) is 0 Å². The Hall–Kier alpha value is -0.441. The Morgan fingerprint density at radius 1 is 1.33 bits per heavy atom. The molecule has 0 unspecified atom stereocenters. The number of rotatable bonds is 0. The Kier molecular flexibility index (Phi) is 10.2. The van der Waals surface area contributed by atoms with Crippen LogP contribution in [0.1, 0.15) is 0 Å². The zero-order valence-corrected chi connectivity index (χ0v) is 7.57. The number of phenolic OH excluding ortho intramolecular Hbond substituents is 1. The molecule has 0 atom stereocenters. The predicted octanol–water partition coefficient (Wildman–Crippen LogP) is -0.446. The van der Waals surface area contributed by atoms with E-state index in [1.807, 2.05) is 0 Å². The Morgan fingerprint density at radius 2 is 1.67 bits per heavy atom. The van der Waals surface area contributed by atoms with Gasteiger partial charge in [-0.15, -0.1) is 12.1 Å². The summed E-state index contributed by atoms with van der Waals surface area (Å²) in [7, 11) is -3.37. The van der Waals surface area contributed by atoms with Crippen molar-refractivity contribution in [1.82, 2.24) is 0 Å². The second-order valence-electron chi connectivity index (χ2n) is 1.48. The zero-order chi connectivity index (χ0) is 8.69. The molecule has 6 heteroatoms. The molecule has 1 N–H and O–H groups in total. The molecule has 0 spiro atoms. The van der Waals surface area contributed by atoms with E-state index < -0.39 is 8.25 Å². The predicted molar refractivity (Wildman–Crippen MR) is 34.5 cm³/mol. The van der Waals surface area contributed by atoms with Gasteiger partial charge in [-0.05, 0) is 0 Å². The van der Waals surface area contributed by atoms with E-state index >= 15 is 0 Å². The third kappa shape index (κ3) is 12.3. The van der Waals surface area contributed by atoms with Crippen molar-refractivity contribution < 1.29 is 36.5 Å². The molecule has 1 aromatic carbocycles. The van der Waals surface area contributed by atoms with E-state index in [0.717, 1.165) is 0 Å². The van der Waals surface area contributed by atoms with Gasteiger partial charge in [0.15, 0.2) is 0 Å². The number of hydrogen-bond donors (Lipinski definition) is 1. The van der Waals surface area contributed by atoms with Crippen LogP contribution in [0.2, 0.25) is 0 Å². The molecule has 0 amide bonds. The number of aromatic hydroxyl groups is 1. The number of hydrogen-bond acceptors (Lipinski definition) is 4. The zero-order valence-electron chi connectivity index (χ0n) is 5.73. The van der Waals surface area contributed by atoms with Crippen LogP contribution in [0, 0.1) is 6.07 Å². The Bertz CT molecular complexity index is 212. The van der Waals surface area contributed by atoms with Crippen molar-refractivity contribution in [2.24, 2.45) is 0 Å². The smallest absolute Gasteiger partial charge is 0.598 e. The first-order chi connectivity index (χ1) is 5.13. The molecule has 4 nitrogen and oxygen atoms in total. The maximum atomic E-state index is 8.61. The summed E-state index contributed by atoms with van der Waals surface area (Å²) < 4.78 is 8.48. The molecule has 0 aromatic heterocycles. The monoisotopic (exact) mass is 235 g/mol. The van der Waals surface area contributed by atoms with Gasteiger partial charge < -0.3 is 14.9 Å². The van der Waals surface area contributed by atoms with Crippen LogP contribution in [0.5, 0.6) is 5.75 Å². The van der Waals surface area contributed by atoms with E-state index in [-0.39, 0.29) is 17.1 Å². The third-order valence-corrected chi connectivity index (χ3v) is 0.701. The fraction of sp³-hybridized carbons (Fsp3) is 0. The van der Waals surface area contributed by atoms with Gasteiger partial charge in [0.2, 0.25) is 0 Å². The molecule has 1 radical (unpaired) electrons. The van der Waals surface area contributed by atoms with Gasteiger partial charge >= 0.3 is 17.1 Å². The molecule has 0 bridgehead atoms. The van der Waals surface area contributed by atoms with Crippen molar-refractivity contribution in [3.63, 3.8) is 0 Å². The molecule has 0 aliphatic rings. The number of phenols is 1. The molecule has 0 saturated heterocycles. The van der Waals surface area contributed by atoms with Gasteiger partial charge in [0.1, 0.15) is 0 Å². The minimum Gasteiger partial charge on any atom is -0.598 e. The summed E-state index contributed by atoms with van der Waals surface area (Å²) in [5, 5.41) is 8.61. The summed E-state index contributed by atoms with van der Waals surface area (Å²) >= 11 is 0. The van der Waals surface area contributed by atoms with E-state index in [4.69, 9.17) is 19.5 Å². The van der Waals surface area contributed by atoms with Crippen LogP contribution in [0.15, 0.2) is 24.3 Å². The fourth-order valence-electron chi connectivity index (χ4n) is 0.378. The molecule has 69 valence electrons. The molecule has 0 saturated carbocycles. The molecular formula is C6H5CuO4P. The minimum absolute atomic E-state index is 0. The van der Waals surface area contributed by atoms with Crippen LogP contribution in [0.3, 0.4) is 0 Å². The topological polar surface area (TPSA) is 83.4 Å². The van der Waals surface area contributed by atoms with Crippen molar-refractivity contribution in [2.45, 2.75) is 0 Å². The second kappa shape index (κ2) is 8.65. The van der Waals surface area contributed by atoms with Gasteiger partial charge in [0.25, 0.3) is 8.25 Å². The molecule has 0 aliphatic carbocycles. The largest absolute Gasteiger partial charge is 2.00 e. The van der Waals surface area contributed by atoms with E-state index in [0.29, 0.717) is 5.75 Å². The summed E-state index contributed by atoms with van der Waals surface area (Å²) in [6, 6.07) is 9.26. The SMILES string of the molecule is O=[P+]([O-])[O-].Oc1cc[c-]cc1.[Cu+2]. The summed E-state index contributed by atoms with van der Waals surface area (Å²) in [6.45, 7) is 0. The Labute approximate surface area is 81.3 Å². The van der Waals surface area contributed by atoms with E-state index in [2.05, 4.69) is 6.07 Å². The van der Waals surface area contributed by atoms with Crippen molar-refractivity contribution >= 4 is 8.25 Å². The van der Waals surface area contributed by atoms with Crippen molar-refractivity contribution in [3.8, 4) is 5.75 Å². The molecule has 0 heterocycles. The van der Waals surface area contributed by atoms with E-state index in [1.165, 1.54) is 0 Å². The van der Waals surface area contributed by atoms with Crippen LogP contribution >= 0.6 is 8.25 Å². The molecule has 1 rings (SSSR count). The Morgan fingerprint density at radius 3 is 1.83 bits per heavy atom. The first-order valence-electron chi connectivity index (χ1n) is 2.59. The quantitative estimate of drug-likeness (QED) is 0.375. The normalized spacial score (nSPS) is 7.17. The van der Waals surface area contributed by atoms with Crippen molar-refractivity contribution in [1.29, 1.82) is 0 Å². The maximum absolute atomic E-state index is 8.61. The van der Waals surface area contributed by atoms with Gasteiger partial charge in [-0.2, -0.15) is 18.2 Å². The number of benzene rings is 1. The average molecular weight is 236 g/mol. The minimum atomic E-state index is -3.37. The molecule has 12 heavy (non-hydrogen) atoms. The first-order valence-corrected chi connectivity index (χ1v) is 3.69. The first kappa shape index (κ1) is 14.1. The standard InChI is InChI=1S/C6H5O.Cu.HO3P/c7-6-4-2-1-3-5-6;;1-4(2)3/h2-5,7H;;(H,1,2,3)/q-1;+2;/p-1. The summed E-state index contributed by atoms with van der Waals surface area (Å²) in [4.78, 5) is 17.0. The summed E-state index contributed by atoms with van der Waals surface area (Å²) in [6.07, 6.45) is 0. The second-order valence-corrected chi connectivity index (χ2v) is 1.93. The average Bonchev–Trinajstić information content (AvgIpc) is 1.87. The van der Waals surface area contributed by atoms with Crippen LogP contribution < -0.4 is 9.79 Å². The third-order valence-electron chi connectivity index (χ3n) is 0.701. The molecule has 1 aromatic rings. The van der Waals surface area contributed by atoms with Crippen LogP contribution in [0.4, 0.5) is 0 Å². The van der Waals surface area contributed by atoms with Crippen LogP contribution in [-0.2, 0) is 21.6 Å². The van der Waals surface area contributed by atoms with Gasteiger partial charge in [-0.1, -0.05) is 4.57 Å². The van der Waals surface area contributed by atoms with Gasteiger partial charge in [0.05, 0.1) is 0 Å². The summed E-state index contributed by atoms with van der Waals surface area (Å²) in [5.74, 6) is 0.291. The maximum Gasteiger partial charge on any atom is 2.00 e. The van der Waals surface area contributed by atoms with Crippen molar-refractivity contribution in [3.05, 3.63) is 30.3 Å². The fourth-order valence-corrected chi connectivity index (χ4v) is 0.378. The molecular weight excluding hydrogens is 231 g/mol. The Balaban J connectivity index is 0.